The van der Waals surface area contributed by atoms with Crippen LogP contribution in [0.15, 0.2) is 0 Å². The summed E-state index contributed by atoms with van der Waals surface area (Å²) in [5.41, 5.74) is 2.22. The van der Waals surface area contributed by atoms with Gasteiger partial charge in [-0.3, -0.25) is 4.79 Å². The van der Waals surface area contributed by atoms with Gasteiger partial charge in [0.2, 0.25) is 0 Å². The number of nitrogens with one attached hydrogen (secondary N) is 1. The van der Waals surface area contributed by atoms with E-state index in [2.05, 4.69) is 5.32 Å². The monoisotopic (exact) mass is 209 g/mol. The summed E-state index contributed by atoms with van der Waals surface area (Å²) < 4.78 is 0. The van der Waals surface area contributed by atoms with Crippen LogP contribution in [0.2, 0.25) is 0 Å². The summed E-state index contributed by atoms with van der Waals surface area (Å²) in [6.07, 6.45) is 7.05. The summed E-state index contributed by atoms with van der Waals surface area (Å²) in [5.74, 6) is 0. The summed E-state index contributed by atoms with van der Waals surface area (Å²) in [7, 11) is 1.89. The van der Waals surface area contributed by atoms with Crippen molar-refractivity contribution < 1.29 is 4.79 Å². The highest BCUT2D eigenvalue weighted by molar-refractivity contribution is 7.16. The lowest BCUT2D eigenvalue weighted by Crippen LogP contribution is -1.93. The molecule has 0 atom stereocenters. The fourth-order valence-corrected chi connectivity index (χ4v) is 3.29. The van der Waals surface area contributed by atoms with Gasteiger partial charge >= 0.3 is 0 Å². The van der Waals surface area contributed by atoms with Crippen LogP contribution in [0.5, 0.6) is 0 Å². The van der Waals surface area contributed by atoms with Crippen LogP contribution in [-0.4, -0.2) is 13.3 Å². The highest BCUT2D eigenvalue weighted by Crippen LogP contribution is 2.35. The van der Waals surface area contributed by atoms with E-state index >= 15 is 0 Å². The van der Waals surface area contributed by atoms with Crippen LogP contribution in [0.3, 0.4) is 0 Å². The molecule has 1 aliphatic carbocycles. The Kier molecular flexibility index (Phi) is 2.87. The second kappa shape index (κ2) is 4.13. The molecule has 3 heteroatoms. The van der Waals surface area contributed by atoms with Crippen LogP contribution in [0.1, 0.15) is 40.1 Å². The number of hydrogen-bond acceptors (Lipinski definition) is 3. The van der Waals surface area contributed by atoms with Gasteiger partial charge in [-0.15, -0.1) is 11.3 Å². The van der Waals surface area contributed by atoms with Gasteiger partial charge in [0.15, 0.2) is 6.29 Å². The number of thiophene rings is 1. The van der Waals surface area contributed by atoms with E-state index in [4.69, 9.17) is 0 Å². The molecule has 0 saturated heterocycles. The largest absolute Gasteiger partial charge is 0.379 e. The lowest BCUT2D eigenvalue weighted by Gasteiger charge is -1.99. The molecule has 0 saturated carbocycles. The molecule has 14 heavy (non-hydrogen) atoms. The van der Waals surface area contributed by atoms with Crippen LogP contribution in [0.25, 0.3) is 0 Å². The Morgan fingerprint density at radius 2 is 2.07 bits per heavy atom. The number of anilines is 1. The average Bonchev–Trinajstić information content (AvgIpc) is 2.39. The molecule has 76 valence electrons. The maximum Gasteiger partial charge on any atom is 0.153 e. The molecule has 0 unspecified atom stereocenters. The molecule has 0 aliphatic heterocycles. The predicted octanol–water partition coefficient (Wildman–Crippen LogP) is 2.87. The first-order valence-electron chi connectivity index (χ1n) is 5.14. The zero-order valence-electron chi connectivity index (χ0n) is 8.43. The number of carbonyl (C=O) groups is 1. The third kappa shape index (κ3) is 1.57. The lowest BCUT2D eigenvalue weighted by molar-refractivity contribution is 0.112. The van der Waals surface area contributed by atoms with Gasteiger partial charge in [-0.1, -0.05) is 6.42 Å². The van der Waals surface area contributed by atoms with Gasteiger partial charge < -0.3 is 5.32 Å². The van der Waals surface area contributed by atoms with Gasteiger partial charge in [0.05, 0.1) is 10.6 Å². The molecule has 0 amide bonds. The first-order chi connectivity index (χ1) is 6.86. The molecule has 0 fully saturated rings. The zero-order chi connectivity index (χ0) is 9.97. The summed E-state index contributed by atoms with van der Waals surface area (Å²) in [6.45, 7) is 0. The molecule has 1 N–H and O–H groups in total. The molecule has 0 spiro atoms. The van der Waals surface area contributed by atoms with Gasteiger partial charge in [-0.2, -0.15) is 0 Å². The standard InChI is InChI=1S/C11H15NOS/c1-12-11-9(7-13)8-5-3-2-4-6-10(8)14-11/h7,12H,2-6H2,1H3. The normalized spacial score (nSPS) is 15.8. The van der Waals surface area contributed by atoms with Crippen molar-refractivity contribution in [2.24, 2.45) is 0 Å². The van der Waals surface area contributed by atoms with Crippen LogP contribution in [0.4, 0.5) is 5.00 Å². The van der Waals surface area contributed by atoms with E-state index in [-0.39, 0.29) is 0 Å². The van der Waals surface area contributed by atoms with E-state index in [1.165, 1.54) is 29.7 Å². The maximum atomic E-state index is 11.0. The first-order valence-corrected chi connectivity index (χ1v) is 5.96. The van der Waals surface area contributed by atoms with Crippen molar-refractivity contribution in [3.63, 3.8) is 0 Å². The third-order valence-corrected chi connectivity index (χ3v) is 4.13. The third-order valence-electron chi connectivity index (χ3n) is 2.81. The molecule has 1 aliphatic rings. The van der Waals surface area contributed by atoms with E-state index in [1.807, 2.05) is 7.05 Å². The van der Waals surface area contributed by atoms with Crippen LogP contribution >= 0.6 is 11.3 Å². The Balaban J connectivity index is 2.45. The Morgan fingerprint density at radius 3 is 2.79 bits per heavy atom. The predicted molar refractivity (Wildman–Crippen MR) is 60.5 cm³/mol. The van der Waals surface area contributed by atoms with Crippen molar-refractivity contribution in [2.75, 3.05) is 12.4 Å². The van der Waals surface area contributed by atoms with Crippen molar-refractivity contribution in [3.05, 3.63) is 16.0 Å². The Labute approximate surface area is 88.3 Å². The molecular formula is C11H15NOS. The van der Waals surface area contributed by atoms with Gasteiger partial charge in [0.25, 0.3) is 0 Å². The van der Waals surface area contributed by atoms with Gasteiger partial charge in [0.1, 0.15) is 0 Å². The minimum Gasteiger partial charge on any atom is -0.379 e. The van der Waals surface area contributed by atoms with Crippen molar-refractivity contribution in [3.8, 4) is 0 Å². The summed E-state index contributed by atoms with van der Waals surface area (Å²) in [5, 5.41) is 4.16. The number of hydrogen-bond donors (Lipinski definition) is 1. The highest BCUT2D eigenvalue weighted by Gasteiger charge is 2.18. The van der Waals surface area contributed by atoms with Crippen molar-refractivity contribution in [1.82, 2.24) is 0 Å². The Morgan fingerprint density at radius 1 is 1.29 bits per heavy atom. The van der Waals surface area contributed by atoms with Gasteiger partial charge in [-0.05, 0) is 31.2 Å². The molecule has 0 bridgehead atoms. The zero-order valence-corrected chi connectivity index (χ0v) is 9.25. The number of aryl methyl sites for hydroxylation is 1. The second-order valence-electron chi connectivity index (χ2n) is 3.68. The molecular weight excluding hydrogens is 194 g/mol. The summed E-state index contributed by atoms with van der Waals surface area (Å²) >= 11 is 1.76. The molecule has 2 nitrogen and oxygen atoms in total. The van der Waals surface area contributed by atoms with E-state index in [0.717, 1.165) is 29.7 Å². The maximum absolute atomic E-state index is 11.0. The lowest BCUT2D eigenvalue weighted by atomic mass is 10.1. The SMILES string of the molecule is CNc1sc2c(c1C=O)CCCCC2. The molecule has 2 rings (SSSR count). The molecule has 0 radical (unpaired) electrons. The summed E-state index contributed by atoms with van der Waals surface area (Å²) in [6, 6.07) is 0. The highest BCUT2D eigenvalue weighted by atomic mass is 32.1. The van der Waals surface area contributed by atoms with Gasteiger partial charge in [0, 0.05) is 11.9 Å². The Bertz CT molecular complexity index is 343. The number of rotatable bonds is 2. The molecule has 1 heterocycles. The van der Waals surface area contributed by atoms with E-state index in [9.17, 15) is 4.79 Å². The first kappa shape index (κ1) is 9.71. The van der Waals surface area contributed by atoms with Crippen molar-refractivity contribution >= 4 is 22.6 Å². The smallest absolute Gasteiger partial charge is 0.153 e. The van der Waals surface area contributed by atoms with Crippen LogP contribution < -0.4 is 5.32 Å². The van der Waals surface area contributed by atoms with Crippen LogP contribution in [-0.2, 0) is 12.8 Å². The van der Waals surface area contributed by atoms with E-state index < -0.39 is 0 Å². The van der Waals surface area contributed by atoms with E-state index in [0.29, 0.717) is 0 Å². The molecule has 1 aromatic heterocycles. The average molecular weight is 209 g/mol. The second-order valence-corrected chi connectivity index (χ2v) is 4.78. The number of fused-ring (bicyclic) bond motifs is 1. The topological polar surface area (TPSA) is 29.1 Å². The fraction of sp³-hybridized carbons (Fsp3) is 0.545. The molecule has 1 aromatic rings. The Hall–Kier alpha value is -0.830. The number of carbonyl (C=O) groups excluding carboxylic acids is 1. The minimum atomic E-state index is 0.911. The minimum absolute atomic E-state index is 0.911. The van der Waals surface area contributed by atoms with Gasteiger partial charge in [-0.25, -0.2) is 0 Å². The molecule has 0 aromatic carbocycles. The van der Waals surface area contributed by atoms with Crippen molar-refractivity contribution in [1.29, 1.82) is 0 Å². The van der Waals surface area contributed by atoms with E-state index in [1.54, 1.807) is 11.3 Å². The summed E-state index contributed by atoms with van der Waals surface area (Å²) in [4.78, 5) is 12.4. The fourth-order valence-electron chi connectivity index (χ4n) is 2.08. The quantitative estimate of drug-likeness (QED) is 0.599. The van der Waals surface area contributed by atoms with Crippen molar-refractivity contribution in [2.45, 2.75) is 32.1 Å². The number of aldehydes is 1. The van der Waals surface area contributed by atoms with Crippen LogP contribution in [0, 0.1) is 0 Å².